The zero-order valence-corrected chi connectivity index (χ0v) is 12.9. The standard InChI is InChI=1S/C13H24N2S2/c1-10(5-7-16-4)15(3)13(11(2)14)12-6-8-17-9-12/h6,8-11,13H,5,7,14H2,1-4H3. The van der Waals surface area contributed by atoms with Crippen LogP contribution in [0.1, 0.15) is 31.9 Å². The number of hydrogen-bond donors (Lipinski definition) is 1. The molecule has 0 radical (unpaired) electrons. The van der Waals surface area contributed by atoms with Crippen molar-refractivity contribution in [3.05, 3.63) is 22.4 Å². The van der Waals surface area contributed by atoms with E-state index >= 15 is 0 Å². The van der Waals surface area contributed by atoms with Crippen molar-refractivity contribution in [2.45, 2.75) is 38.4 Å². The van der Waals surface area contributed by atoms with Gasteiger partial charge in [0.05, 0.1) is 6.04 Å². The van der Waals surface area contributed by atoms with Crippen LogP contribution >= 0.6 is 23.1 Å². The fourth-order valence-corrected chi connectivity index (χ4v) is 3.39. The largest absolute Gasteiger partial charge is 0.326 e. The van der Waals surface area contributed by atoms with Gasteiger partial charge in [0.25, 0.3) is 0 Å². The average Bonchev–Trinajstić information content (AvgIpc) is 2.78. The quantitative estimate of drug-likeness (QED) is 0.826. The number of hydrogen-bond acceptors (Lipinski definition) is 4. The smallest absolute Gasteiger partial charge is 0.0504 e. The Kier molecular flexibility index (Phi) is 6.55. The molecule has 0 saturated carbocycles. The van der Waals surface area contributed by atoms with Gasteiger partial charge in [-0.3, -0.25) is 4.90 Å². The van der Waals surface area contributed by atoms with Crippen molar-refractivity contribution in [2.75, 3.05) is 19.1 Å². The van der Waals surface area contributed by atoms with E-state index in [2.05, 4.69) is 48.9 Å². The van der Waals surface area contributed by atoms with Gasteiger partial charge >= 0.3 is 0 Å². The summed E-state index contributed by atoms with van der Waals surface area (Å²) in [5, 5.41) is 4.34. The molecular formula is C13H24N2S2. The fraction of sp³-hybridized carbons (Fsp3) is 0.692. The lowest BCUT2D eigenvalue weighted by atomic mass is 10.0. The van der Waals surface area contributed by atoms with Crippen LogP contribution in [-0.4, -0.2) is 36.0 Å². The molecule has 3 unspecified atom stereocenters. The molecular weight excluding hydrogens is 248 g/mol. The monoisotopic (exact) mass is 272 g/mol. The van der Waals surface area contributed by atoms with Crippen LogP contribution in [-0.2, 0) is 0 Å². The predicted octanol–water partition coefficient (Wildman–Crippen LogP) is 3.21. The highest BCUT2D eigenvalue weighted by molar-refractivity contribution is 7.98. The zero-order valence-electron chi connectivity index (χ0n) is 11.2. The molecule has 1 heterocycles. The molecule has 0 aliphatic rings. The maximum atomic E-state index is 6.15. The van der Waals surface area contributed by atoms with E-state index in [1.807, 2.05) is 11.8 Å². The van der Waals surface area contributed by atoms with Crippen molar-refractivity contribution in [3.63, 3.8) is 0 Å². The lowest BCUT2D eigenvalue weighted by Crippen LogP contribution is -2.41. The topological polar surface area (TPSA) is 29.3 Å². The molecule has 0 aromatic carbocycles. The Labute approximate surface area is 114 Å². The summed E-state index contributed by atoms with van der Waals surface area (Å²) in [5.41, 5.74) is 7.50. The average molecular weight is 272 g/mol. The number of thioether (sulfide) groups is 1. The van der Waals surface area contributed by atoms with Crippen LogP contribution in [0.3, 0.4) is 0 Å². The second-order valence-corrected chi connectivity index (χ2v) is 6.42. The van der Waals surface area contributed by atoms with Crippen molar-refractivity contribution in [3.8, 4) is 0 Å². The molecule has 98 valence electrons. The molecule has 0 saturated heterocycles. The summed E-state index contributed by atoms with van der Waals surface area (Å²) in [4.78, 5) is 2.42. The van der Waals surface area contributed by atoms with Crippen molar-refractivity contribution in [2.24, 2.45) is 5.73 Å². The molecule has 0 aliphatic carbocycles. The van der Waals surface area contributed by atoms with E-state index < -0.39 is 0 Å². The number of nitrogens with zero attached hydrogens (tertiary/aromatic N) is 1. The molecule has 0 bridgehead atoms. The van der Waals surface area contributed by atoms with E-state index in [-0.39, 0.29) is 6.04 Å². The van der Waals surface area contributed by atoms with Crippen LogP contribution in [0.15, 0.2) is 16.8 Å². The van der Waals surface area contributed by atoms with Crippen LogP contribution in [0.25, 0.3) is 0 Å². The van der Waals surface area contributed by atoms with E-state index in [0.29, 0.717) is 12.1 Å². The Morgan fingerprint density at radius 1 is 1.47 bits per heavy atom. The van der Waals surface area contributed by atoms with Gasteiger partial charge in [-0.05, 0) is 61.7 Å². The Bertz CT molecular complexity index is 298. The van der Waals surface area contributed by atoms with Crippen LogP contribution in [0, 0.1) is 0 Å². The van der Waals surface area contributed by atoms with Gasteiger partial charge in [0, 0.05) is 12.1 Å². The van der Waals surface area contributed by atoms with Crippen molar-refractivity contribution in [1.29, 1.82) is 0 Å². The highest BCUT2D eigenvalue weighted by Crippen LogP contribution is 2.27. The van der Waals surface area contributed by atoms with Crippen LogP contribution in [0.2, 0.25) is 0 Å². The summed E-state index contributed by atoms with van der Waals surface area (Å²) in [6.45, 7) is 4.39. The van der Waals surface area contributed by atoms with Crippen molar-refractivity contribution in [1.82, 2.24) is 4.90 Å². The van der Waals surface area contributed by atoms with Gasteiger partial charge in [-0.2, -0.15) is 23.1 Å². The summed E-state index contributed by atoms with van der Waals surface area (Å²) in [7, 11) is 2.19. The molecule has 1 aromatic rings. The molecule has 2 nitrogen and oxygen atoms in total. The highest BCUT2D eigenvalue weighted by atomic mass is 32.2. The van der Waals surface area contributed by atoms with E-state index in [4.69, 9.17) is 5.73 Å². The molecule has 0 spiro atoms. The first-order chi connectivity index (χ1) is 8.07. The molecule has 1 aromatic heterocycles. The predicted molar refractivity (Wildman–Crippen MR) is 80.9 cm³/mol. The summed E-state index contributed by atoms with van der Waals surface area (Å²) in [6.07, 6.45) is 3.37. The summed E-state index contributed by atoms with van der Waals surface area (Å²) >= 11 is 3.66. The first-order valence-electron chi connectivity index (χ1n) is 6.06. The van der Waals surface area contributed by atoms with E-state index in [9.17, 15) is 0 Å². The minimum atomic E-state index is 0.159. The van der Waals surface area contributed by atoms with Crippen molar-refractivity contribution >= 4 is 23.1 Å². The third kappa shape index (κ3) is 4.28. The lowest BCUT2D eigenvalue weighted by Gasteiger charge is -2.35. The van der Waals surface area contributed by atoms with Gasteiger partial charge in [-0.1, -0.05) is 0 Å². The molecule has 17 heavy (non-hydrogen) atoms. The Morgan fingerprint density at radius 2 is 2.18 bits per heavy atom. The molecule has 0 aliphatic heterocycles. The van der Waals surface area contributed by atoms with Gasteiger partial charge in [-0.15, -0.1) is 0 Å². The molecule has 0 amide bonds. The number of rotatable bonds is 7. The van der Waals surface area contributed by atoms with E-state index in [1.54, 1.807) is 11.3 Å². The van der Waals surface area contributed by atoms with Crippen molar-refractivity contribution < 1.29 is 0 Å². The highest BCUT2D eigenvalue weighted by Gasteiger charge is 2.24. The number of thiophene rings is 1. The summed E-state index contributed by atoms with van der Waals surface area (Å²) in [5.74, 6) is 1.21. The third-order valence-electron chi connectivity index (χ3n) is 3.26. The minimum absolute atomic E-state index is 0.159. The second kappa shape index (κ2) is 7.41. The molecule has 3 atom stereocenters. The SMILES string of the molecule is CSCCC(C)N(C)C(c1ccsc1)C(C)N. The number of nitrogens with two attached hydrogens (primary N) is 1. The zero-order chi connectivity index (χ0) is 12.8. The molecule has 1 rings (SSSR count). The second-order valence-electron chi connectivity index (χ2n) is 4.66. The van der Waals surface area contributed by atoms with Gasteiger partial charge in [0.2, 0.25) is 0 Å². The Balaban J connectivity index is 2.71. The summed E-state index contributed by atoms with van der Waals surface area (Å²) in [6, 6.07) is 3.25. The first-order valence-corrected chi connectivity index (χ1v) is 8.40. The van der Waals surface area contributed by atoms with Gasteiger partial charge in [0.15, 0.2) is 0 Å². The maximum absolute atomic E-state index is 6.15. The van der Waals surface area contributed by atoms with Crippen LogP contribution in [0.4, 0.5) is 0 Å². The fourth-order valence-electron chi connectivity index (χ4n) is 2.12. The van der Waals surface area contributed by atoms with Gasteiger partial charge in [0.1, 0.15) is 0 Å². The van der Waals surface area contributed by atoms with Gasteiger partial charge in [-0.25, -0.2) is 0 Å². The van der Waals surface area contributed by atoms with Gasteiger partial charge < -0.3 is 5.73 Å². The van der Waals surface area contributed by atoms with E-state index in [1.165, 1.54) is 17.7 Å². The maximum Gasteiger partial charge on any atom is 0.0504 e. The first kappa shape index (κ1) is 15.0. The molecule has 0 fully saturated rings. The van der Waals surface area contributed by atoms with Crippen LogP contribution in [0.5, 0.6) is 0 Å². The Morgan fingerprint density at radius 3 is 2.65 bits per heavy atom. The molecule has 4 heteroatoms. The summed E-state index contributed by atoms with van der Waals surface area (Å²) < 4.78 is 0. The molecule has 2 N–H and O–H groups in total. The lowest BCUT2D eigenvalue weighted by molar-refractivity contribution is 0.162. The van der Waals surface area contributed by atoms with Crippen LogP contribution < -0.4 is 5.73 Å². The Hall–Kier alpha value is -0.0300. The number of likely N-dealkylation sites (N-methyl/N-ethyl adjacent to an activating group) is 1. The normalized spacial score (nSPS) is 17.1. The van der Waals surface area contributed by atoms with E-state index in [0.717, 1.165) is 0 Å². The minimum Gasteiger partial charge on any atom is -0.326 e. The third-order valence-corrected chi connectivity index (χ3v) is 4.60.